The quantitative estimate of drug-likeness (QED) is 0.793. The van der Waals surface area contributed by atoms with E-state index in [1.165, 1.54) is 16.7 Å². The van der Waals surface area contributed by atoms with Crippen molar-refractivity contribution in [2.45, 2.75) is 4.90 Å². The summed E-state index contributed by atoms with van der Waals surface area (Å²) in [6.45, 7) is 1.01. The first-order valence-corrected chi connectivity index (χ1v) is 9.33. The van der Waals surface area contributed by atoms with Gasteiger partial charge in [0.05, 0.1) is 28.8 Å². The van der Waals surface area contributed by atoms with Crippen LogP contribution in [0.5, 0.6) is 0 Å². The number of ether oxygens (including phenoxy) is 1. The van der Waals surface area contributed by atoms with Gasteiger partial charge in [0.2, 0.25) is 16.0 Å². The van der Waals surface area contributed by atoms with Crippen LogP contribution in [0.15, 0.2) is 23.4 Å². The number of aromatic nitrogens is 3. The van der Waals surface area contributed by atoms with Gasteiger partial charge >= 0.3 is 0 Å². The molecule has 0 aliphatic carbocycles. The molecule has 0 bridgehead atoms. The number of rotatable bonds is 4. The molecule has 3 rings (SSSR count). The Morgan fingerprint density at radius 2 is 1.96 bits per heavy atom. The summed E-state index contributed by atoms with van der Waals surface area (Å²) >= 11 is 12.1. The highest BCUT2D eigenvalue weighted by molar-refractivity contribution is 7.89. The highest BCUT2D eigenvalue weighted by atomic mass is 35.5. The second kappa shape index (κ2) is 7.26. The smallest absolute Gasteiger partial charge is 0.259 e. The maximum atomic E-state index is 12.8. The number of H-pyrrole nitrogens is 1. The van der Waals surface area contributed by atoms with Crippen LogP contribution in [-0.4, -0.2) is 60.1 Å². The minimum Gasteiger partial charge on any atom is -0.379 e. The Labute approximate surface area is 153 Å². The minimum absolute atomic E-state index is 0.0166. The van der Waals surface area contributed by atoms with E-state index in [-0.39, 0.29) is 39.5 Å². The first-order valence-electron chi connectivity index (χ1n) is 7.13. The molecule has 2 aromatic rings. The van der Waals surface area contributed by atoms with Gasteiger partial charge in [0.25, 0.3) is 5.91 Å². The molecule has 0 spiro atoms. The zero-order valence-electron chi connectivity index (χ0n) is 12.7. The van der Waals surface area contributed by atoms with E-state index in [0.717, 1.165) is 6.07 Å². The molecule has 0 radical (unpaired) electrons. The number of anilines is 1. The number of hydrogen-bond acceptors (Lipinski definition) is 6. The van der Waals surface area contributed by atoms with Gasteiger partial charge in [-0.05, 0) is 12.1 Å². The molecular formula is C13H13Cl2N5O4S. The molecule has 2 N–H and O–H groups in total. The number of sulfonamides is 1. The van der Waals surface area contributed by atoms with Gasteiger partial charge < -0.3 is 4.74 Å². The summed E-state index contributed by atoms with van der Waals surface area (Å²) in [4.78, 5) is 15.9. The lowest BCUT2D eigenvalue weighted by molar-refractivity contribution is 0.0730. The number of morpholine rings is 1. The Kier molecular flexibility index (Phi) is 5.25. The van der Waals surface area contributed by atoms with E-state index in [9.17, 15) is 13.2 Å². The molecule has 12 heteroatoms. The molecule has 1 fully saturated rings. The number of aromatic amines is 1. The van der Waals surface area contributed by atoms with Crippen molar-refractivity contribution in [3.63, 3.8) is 0 Å². The van der Waals surface area contributed by atoms with Gasteiger partial charge in [-0.2, -0.15) is 14.4 Å². The molecule has 0 saturated carbocycles. The van der Waals surface area contributed by atoms with Crippen LogP contribution < -0.4 is 5.32 Å². The zero-order chi connectivity index (χ0) is 18.0. The number of halogens is 2. The molecule has 25 heavy (non-hydrogen) atoms. The van der Waals surface area contributed by atoms with E-state index < -0.39 is 15.9 Å². The van der Waals surface area contributed by atoms with Crippen molar-refractivity contribution in [2.75, 3.05) is 31.6 Å². The fraction of sp³-hybridized carbons (Fsp3) is 0.308. The van der Waals surface area contributed by atoms with Gasteiger partial charge in [0, 0.05) is 13.1 Å². The molecule has 134 valence electrons. The van der Waals surface area contributed by atoms with Crippen molar-refractivity contribution < 1.29 is 17.9 Å². The number of nitrogens with one attached hydrogen (secondary N) is 2. The number of nitrogens with zero attached hydrogens (tertiary/aromatic N) is 3. The molecule has 0 unspecified atom stereocenters. The Balaban J connectivity index is 1.96. The van der Waals surface area contributed by atoms with Crippen molar-refractivity contribution in [2.24, 2.45) is 0 Å². The Morgan fingerprint density at radius 3 is 2.60 bits per heavy atom. The largest absolute Gasteiger partial charge is 0.379 e. The first-order chi connectivity index (χ1) is 11.9. The number of benzene rings is 1. The summed E-state index contributed by atoms with van der Waals surface area (Å²) in [5.41, 5.74) is -0.0469. The molecule has 1 aromatic heterocycles. The highest BCUT2D eigenvalue weighted by Gasteiger charge is 2.30. The first kappa shape index (κ1) is 18.1. The molecular weight excluding hydrogens is 393 g/mol. The van der Waals surface area contributed by atoms with E-state index in [2.05, 4.69) is 20.5 Å². The van der Waals surface area contributed by atoms with Crippen LogP contribution in [0.4, 0.5) is 5.95 Å². The third kappa shape index (κ3) is 3.77. The lowest BCUT2D eigenvalue weighted by Gasteiger charge is -2.26. The predicted octanol–water partition coefficient (Wildman–Crippen LogP) is 1.38. The zero-order valence-corrected chi connectivity index (χ0v) is 15.0. The van der Waals surface area contributed by atoms with E-state index in [1.807, 2.05) is 0 Å². The van der Waals surface area contributed by atoms with Crippen LogP contribution >= 0.6 is 23.2 Å². The van der Waals surface area contributed by atoms with Gasteiger partial charge in [-0.25, -0.2) is 13.5 Å². The van der Waals surface area contributed by atoms with E-state index in [1.54, 1.807) is 0 Å². The van der Waals surface area contributed by atoms with Crippen molar-refractivity contribution in [1.29, 1.82) is 0 Å². The van der Waals surface area contributed by atoms with Crippen LogP contribution in [0.25, 0.3) is 0 Å². The summed E-state index contributed by atoms with van der Waals surface area (Å²) in [5.74, 6) is -0.537. The molecule has 1 saturated heterocycles. The topological polar surface area (TPSA) is 117 Å². The van der Waals surface area contributed by atoms with Crippen molar-refractivity contribution in [3.05, 3.63) is 34.1 Å². The van der Waals surface area contributed by atoms with Crippen LogP contribution in [0, 0.1) is 0 Å². The summed E-state index contributed by atoms with van der Waals surface area (Å²) < 4.78 is 32.0. The minimum atomic E-state index is -3.88. The lowest BCUT2D eigenvalue weighted by atomic mass is 10.2. The summed E-state index contributed by atoms with van der Waals surface area (Å²) in [5, 5.41) is 8.45. The Morgan fingerprint density at radius 1 is 1.24 bits per heavy atom. The van der Waals surface area contributed by atoms with Gasteiger partial charge in [0.1, 0.15) is 11.2 Å². The standard InChI is InChI=1S/C13H13Cl2N5O4S/c14-9-6-10(15)11(25(22,23)20-1-3-24-4-2-20)5-8(9)12(21)18-13-16-7-17-19-13/h5-7H,1-4H2,(H2,16,17,18,19,21). The van der Waals surface area contributed by atoms with Gasteiger partial charge in [-0.1, -0.05) is 23.2 Å². The maximum Gasteiger partial charge on any atom is 0.259 e. The number of hydrogen-bond donors (Lipinski definition) is 2. The van der Waals surface area contributed by atoms with E-state index >= 15 is 0 Å². The maximum absolute atomic E-state index is 12.8. The number of carbonyl (C=O) groups excluding carboxylic acids is 1. The monoisotopic (exact) mass is 405 g/mol. The normalized spacial score (nSPS) is 15.9. The predicted molar refractivity (Wildman–Crippen MR) is 90.4 cm³/mol. The van der Waals surface area contributed by atoms with Crippen LogP contribution in [0.3, 0.4) is 0 Å². The fourth-order valence-electron chi connectivity index (χ4n) is 2.27. The molecule has 1 aliphatic rings. The van der Waals surface area contributed by atoms with Crippen molar-refractivity contribution >= 4 is 45.1 Å². The fourth-order valence-corrected chi connectivity index (χ4v) is 4.51. The number of amides is 1. The van der Waals surface area contributed by atoms with Crippen LogP contribution in [0.2, 0.25) is 10.0 Å². The molecule has 1 aromatic carbocycles. The van der Waals surface area contributed by atoms with Crippen LogP contribution in [-0.2, 0) is 14.8 Å². The highest BCUT2D eigenvalue weighted by Crippen LogP contribution is 2.31. The third-order valence-electron chi connectivity index (χ3n) is 3.50. The molecule has 9 nitrogen and oxygen atoms in total. The molecule has 1 aliphatic heterocycles. The summed E-state index contributed by atoms with van der Waals surface area (Å²) in [6, 6.07) is 2.38. The summed E-state index contributed by atoms with van der Waals surface area (Å²) in [6.07, 6.45) is 1.22. The molecule has 0 atom stereocenters. The molecule has 2 heterocycles. The van der Waals surface area contributed by atoms with Gasteiger partial charge in [0.15, 0.2) is 0 Å². The average molecular weight is 406 g/mol. The SMILES string of the molecule is O=C(Nc1ncn[nH]1)c1cc(S(=O)(=O)N2CCOCC2)c(Cl)cc1Cl. The van der Waals surface area contributed by atoms with Gasteiger partial charge in [-0.3, -0.25) is 10.1 Å². The average Bonchev–Trinajstić information content (AvgIpc) is 3.08. The third-order valence-corrected chi connectivity index (χ3v) is 6.18. The summed E-state index contributed by atoms with van der Waals surface area (Å²) in [7, 11) is -3.88. The molecule has 1 amide bonds. The van der Waals surface area contributed by atoms with E-state index in [0.29, 0.717) is 13.2 Å². The van der Waals surface area contributed by atoms with Gasteiger partial charge in [-0.15, -0.1) is 0 Å². The second-order valence-corrected chi connectivity index (χ2v) is 7.79. The number of carbonyl (C=O) groups is 1. The Hall–Kier alpha value is -1.72. The van der Waals surface area contributed by atoms with Crippen LogP contribution in [0.1, 0.15) is 10.4 Å². The van der Waals surface area contributed by atoms with Crippen molar-refractivity contribution in [3.8, 4) is 0 Å². The van der Waals surface area contributed by atoms with E-state index in [4.69, 9.17) is 27.9 Å². The lowest BCUT2D eigenvalue weighted by Crippen LogP contribution is -2.40. The second-order valence-electron chi connectivity index (χ2n) is 5.07. The van der Waals surface area contributed by atoms with Crippen molar-refractivity contribution in [1.82, 2.24) is 19.5 Å². The Bertz CT molecular complexity index is 882.